The molecule has 1 spiro atoms. The number of nitrogens with zero attached hydrogens (tertiary/aromatic N) is 4. The van der Waals surface area contributed by atoms with E-state index in [2.05, 4.69) is 15.2 Å². The third kappa shape index (κ3) is 3.25. The number of aryl methyl sites for hydroxylation is 1. The van der Waals surface area contributed by atoms with Crippen LogP contribution >= 0.6 is 0 Å². The molecule has 1 unspecified atom stereocenters. The van der Waals surface area contributed by atoms with E-state index in [4.69, 9.17) is 9.15 Å². The smallest absolute Gasteiger partial charge is 0.255 e. The van der Waals surface area contributed by atoms with Gasteiger partial charge in [-0.25, -0.2) is 0 Å². The fourth-order valence-electron chi connectivity index (χ4n) is 4.23. The second-order valence-corrected chi connectivity index (χ2v) is 8.04. The first-order chi connectivity index (χ1) is 13.0. The van der Waals surface area contributed by atoms with Crippen molar-refractivity contribution >= 4 is 5.91 Å². The number of hydrogen-bond donors (Lipinski definition) is 0. The van der Waals surface area contributed by atoms with Crippen LogP contribution < -0.4 is 0 Å². The summed E-state index contributed by atoms with van der Waals surface area (Å²) >= 11 is 0. The third-order valence-electron chi connectivity index (χ3n) is 5.94. The zero-order valence-corrected chi connectivity index (χ0v) is 16.1. The summed E-state index contributed by atoms with van der Waals surface area (Å²) < 4.78 is 11.6. The van der Waals surface area contributed by atoms with Crippen molar-refractivity contribution in [1.82, 2.24) is 20.1 Å². The minimum Gasteiger partial charge on any atom is -0.425 e. The van der Waals surface area contributed by atoms with Crippen LogP contribution in [0.4, 0.5) is 0 Å². The number of amides is 1. The number of carbonyl (C=O) groups excluding carboxylic acids is 1. The molecule has 4 heterocycles. The molecule has 2 aliphatic heterocycles. The van der Waals surface area contributed by atoms with Crippen LogP contribution in [0.25, 0.3) is 0 Å². The van der Waals surface area contributed by atoms with Gasteiger partial charge in [-0.1, -0.05) is 13.8 Å². The van der Waals surface area contributed by atoms with Crippen molar-refractivity contribution in [2.45, 2.75) is 45.4 Å². The van der Waals surface area contributed by atoms with E-state index in [9.17, 15) is 4.79 Å². The molecular weight excluding hydrogens is 344 g/mol. The van der Waals surface area contributed by atoms with Crippen molar-refractivity contribution in [3.05, 3.63) is 41.4 Å². The van der Waals surface area contributed by atoms with Gasteiger partial charge in [-0.3, -0.25) is 9.78 Å². The molecule has 2 fully saturated rings. The van der Waals surface area contributed by atoms with Gasteiger partial charge in [0.1, 0.15) is 0 Å². The Balaban J connectivity index is 1.65. The van der Waals surface area contributed by atoms with Crippen LogP contribution in [-0.2, 0) is 4.74 Å². The Hall–Kier alpha value is -2.28. The van der Waals surface area contributed by atoms with E-state index < -0.39 is 0 Å². The molecule has 0 radical (unpaired) electrons. The molecule has 2 aromatic rings. The second kappa shape index (κ2) is 7.03. The Morgan fingerprint density at radius 3 is 2.74 bits per heavy atom. The molecule has 0 aliphatic carbocycles. The zero-order chi connectivity index (χ0) is 19.0. The first-order valence-electron chi connectivity index (χ1n) is 9.61. The van der Waals surface area contributed by atoms with Gasteiger partial charge in [0.15, 0.2) is 0 Å². The summed E-state index contributed by atoms with van der Waals surface area (Å²) in [6, 6.07) is 1.87. The van der Waals surface area contributed by atoms with Crippen molar-refractivity contribution < 1.29 is 13.9 Å². The summed E-state index contributed by atoms with van der Waals surface area (Å²) in [7, 11) is 0. The summed E-state index contributed by atoms with van der Waals surface area (Å²) in [6.07, 6.45) is 5.16. The summed E-state index contributed by atoms with van der Waals surface area (Å²) in [4.78, 5) is 19.2. The first kappa shape index (κ1) is 18.1. The number of carbonyl (C=O) groups is 1. The van der Waals surface area contributed by atoms with Crippen LogP contribution in [0.1, 0.15) is 66.2 Å². The fourth-order valence-corrected chi connectivity index (χ4v) is 4.23. The molecule has 0 N–H and O–H groups in total. The van der Waals surface area contributed by atoms with E-state index in [0.29, 0.717) is 43.6 Å². The molecule has 0 aromatic carbocycles. The molecule has 1 atom stereocenters. The van der Waals surface area contributed by atoms with E-state index in [1.165, 1.54) is 0 Å². The quantitative estimate of drug-likeness (QED) is 0.826. The van der Waals surface area contributed by atoms with E-state index in [0.717, 1.165) is 18.4 Å². The van der Waals surface area contributed by atoms with E-state index in [1.54, 1.807) is 12.4 Å². The normalized spacial score (nSPS) is 21.9. The maximum Gasteiger partial charge on any atom is 0.255 e. The topological polar surface area (TPSA) is 81.4 Å². The molecule has 0 bridgehead atoms. The Labute approximate surface area is 159 Å². The van der Waals surface area contributed by atoms with Gasteiger partial charge in [-0.05, 0) is 31.4 Å². The highest BCUT2D eigenvalue weighted by Crippen LogP contribution is 2.49. The molecule has 4 rings (SSSR count). The largest absolute Gasteiger partial charge is 0.425 e. The number of aromatic nitrogens is 3. The monoisotopic (exact) mass is 370 g/mol. The third-order valence-corrected chi connectivity index (χ3v) is 5.94. The van der Waals surface area contributed by atoms with Crippen molar-refractivity contribution in [3.8, 4) is 0 Å². The van der Waals surface area contributed by atoms with Crippen LogP contribution in [0.5, 0.6) is 0 Å². The summed E-state index contributed by atoms with van der Waals surface area (Å²) in [6.45, 7) is 8.71. The number of hydrogen-bond acceptors (Lipinski definition) is 6. The standard InChI is InChI=1S/C20H26N4O3/c1-13(2)17-22-23-18(27-17)16-11-24(12-20(16)5-8-26-9-6-20)19(25)15-10-21-7-4-14(15)3/h4,7,10,13,16H,5-6,8-9,11-12H2,1-3H3. The van der Waals surface area contributed by atoms with E-state index in [-0.39, 0.29) is 23.2 Å². The zero-order valence-electron chi connectivity index (χ0n) is 16.1. The Morgan fingerprint density at radius 2 is 2.07 bits per heavy atom. The number of likely N-dealkylation sites (tertiary alicyclic amines) is 1. The minimum atomic E-state index is -0.0647. The minimum absolute atomic E-state index is 0.0255. The average molecular weight is 370 g/mol. The summed E-state index contributed by atoms with van der Waals surface area (Å²) in [5.41, 5.74) is 1.54. The van der Waals surface area contributed by atoms with Crippen LogP contribution in [0.2, 0.25) is 0 Å². The maximum atomic E-state index is 13.2. The van der Waals surface area contributed by atoms with Crippen molar-refractivity contribution in [2.24, 2.45) is 5.41 Å². The van der Waals surface area contributed by atoms with Crippen LogP contribution in [0, 0.1) is 12.3 Å². The summed E-state index contributed by atoms with van der Waals surface area (Å²) in [5, 5.41) is 8.56. The lowest BCUT2D eigenvalue weighted by atomic mass is 9.72. The highest BCUT2D eigenvalue weighted by molar-refractivity contribution is 5.95. The fraction of sp³-hybridized carbons (Fsp3) is 0.600. The van der Waals surface area contributed by atoms with Crippen molar-refractivity contribution in [2.75, 3.05) is 26.3 Å². The van der Waals surface area contributed by atoms with Crippen molar-refractivity contribution in [3.63, 3.8) is 0 Å². The highest BCUT2D eigenvalue weighted by Gasteiger charge is 2.51. The molecule has 0 saturated carbocycles. The van der Waals surface area contributed by atoms with E-state index >= 15 is 0 Å². The molecule has 2 saturated heterocycles. The van der Waals surface area contributed by atoms with Crippen LogP contribution in [-0.4, -0.2) is 52.3 Å². The SMILES string of the molecule is Cc1ccncc1C(=O)N1CC(c2nnc(C(C)C)o2)C2(CCOCC2)C1. The van der Waals surface area contributed by atoms with Gasteiger partial charge in [0.05, 0.1) is 11.5 Å². The molecule has 144 valence electrons. The van der Waals surface area contributed by atoms with Gasteiger partial charge in [0, 0.05) is 50.0 Å². The molecule has 27 heavy (non-hydrogen) atoms. The number of pyridine rings is 1. The Morgan fingerprint density at radius 1 is 1.30 bits per heavy atom. The molecular formula is C20H26N4O3. The lowest BCUT2D eigenvalue weighted by molar-refractivity contribution is 0.00887. The van der Waals surface area contributed by atoms with Gasteiger partial charge in [0.25, 0.3) is 5.91 Å². The van der Waals surface area contributed by atoms with Crippen LogP contribution in [0.15, 0.2) is 22.9 Å². The van der Waals surface area contributed by atoms with Crippen LogP contribution in [0.3, 0.4) is 0 Å². The molecule has 2 aliphatic rings. The number of rotatable bonds is 3. The lowest BCUT2D eigenvalue weighted by Gasteiger charge is -2.36. The van der Waals surface area contributed by atoms with Gasteiger partial charge >= 0.3 is 0 Å². The second-order valence-electron chi connectivity index (χ2n) is 8.04. The molecule has 2 aromatic heterocycles. The maximum absolute atomic E-state index is 13.2. The highest BCUT2D eigenvalue weighted by atomic mass is 16.5. The number of ether oxygens (including phenoxy) is 1. The first-order valence-corrected chi connectivity index (χ1v) is 9.61. The van der Waals surface area contributed by atoms with Gasteiger partial charge in [-0.2, -0.15) is 0 Å². The summed E-state index contributed by atoms with van der Waals surface area (Å²) in [5.74, 6) is 1.56. The molecule has 1 amide bonds. The average Bonchev–Trinajstić information content (AvgIpc) is 3.28. The Bertz CT molecular complexity index is 826. The molecule has 7 heteroatoms. The predicted molar refractivity (Wildman–Crippen MR) is 98.5 cm³/mol. The van der Waals surface area contributed by atoms with Gasteiger partial charge in [-0.15, -0.1) is 10.2 Å². The van der Waals surface area contributed by atoms with Gasteiger partial charge in [0.2, 0.25) is 11.8 Å². The Kier molecular flexibility index (Phi) is 4.72. The predicted octanol–water partition coefficient (Wildman–Crippen LogP) is 2.93. The lowest BCUT2D eigenvalue weighted by Crippen LogP contribution is -2.37. The van der Waals surface area contributed by atoms with E-state index in [1.807, 2.05) is 31.7 Å². The van der Waals surface area contributed by atoms with Crippen molar-refractivity contribution in [1.29, 1.82) is 0 Å². The molecule has 7 nitrogen and oxygen atoms in total. The van der Waals surface area contributed by atoms with Gasteiger partial charge < -0.3 is 14.1 Å².